The van der Waals surface area contributed by atoms with Crippen LogP contribution in [0.2, 0.25) is 0 Å². The molecule has 0 saturated heterocycles. The molecule has 0 spiro atoms. The fourth-order valence-corrected chi connectivity index (χ4v) is 2.49. The summed E-state index contributed by atoms with van der Waals surface area (Å²) in [5.41, 5.74) is -0.232. The first-order valence-electron chi connectivity index (χ1n) is 6.89. The van der Waals surface area contributed by atoms with Gasteiger partial charge in [0.2, 0.25) is 11.8 Å². The number of aliphatic carboxylic acids is 1. The van der Waals surface area contributed by atoms with E-state index in [9.17, 15) is 18.4 Å². The number of nitrogens with zero attached hydrogens (tertiary/aromatic N) is 1. The summed E-state index contributed by atoms with van der Waals surface area (Å²) in [6.45, 7) is 5.66. The number of carboxylic acid groups (broad SMARTS) is 1. The Bertz CT molecular complexity index is 367. The Morgan fingerprint density at radius 3 is 2.15 bits per heavy atom. The first kappa shape index (κ1) is 16.9. The topological polar surface area (TPSA) is 57.6 Å². The van der Waals surface area contributed by atoms with Gasteiger partial charge < -0.3 is 10.0 Å². The Balaban J connectivity index is 2.70. The lowest BCUT2D eigenvalue weighted by Gasteiger charge is -2.34. The standard InChI is InChI=1S/C14H23F2NO3/c1-13(2,3)9-17(8-11(18)19)12(20)10-4-6-14(15,16)7-5-10/h10H,4-9H2,1-3H3,(H,18,19). The molecule has 116 valence electrons. The zero-order chi connectivity index (χ0) is 15.6. The van der Waals surface area contributed by atoms with Crippen LogP contribution < -0.4 is 0 Å². The normalized spacial score (nSPS) is 19.6. The molecule has 1 rings (SSSR count). The minimum absolute atomic E-state index is 0.131. The summed E-state index contributed by atoms with van der Waals surface area (Å²) in [6.07, 6.45) is -0.322. The summed E-state index contributed by atoms with van der Waals surface area (Å²) in [5, 5.41) is 8.90. The number of hydrogen-bond donors (Lipinski definition) is 1. The maximum absolute atomic E-state index is 13.1. The van der Waals surface area contributed by atoms with Crippen LogP contribution in [0.25, 0.3) is 0 Å². The van der Waals surface area contributed by atoms with E-state index in [0.717, 1.165) is 0 Å². The molecular weight excluding hydrogens is 268 g/mol. The summed E-state index contributed by atoms with van der Waals surface area (Å²) in [6, 6.07) is 0. The van der Waals surface area contributed by atoms with Gasteiger partial charge in [0.1, 0.15) is 6.54 Å². The third-order valence-electron chi connectivity index (χ3n) is 3.37. The van der Waals surface area contributed by atoms with Crippen LogP contribution in [0, 0.1) is 11.3 Å². The lowest BCUT2D eigenvalue weighted by Crippen LogP contribution is -2.45. The van der Waals surface area contributed by atoms with Crippen LogP contribution >= 0.6 is 0 Å². The molecule has 0 aliphatic heterocycles. The molecule has 1 N–H and O–H groups in total. The van der Waals surface area contributed by atoms with Crippen molar-refractivity contribution in [3.63, 3.8) is 0 Å². The van der Waals surface area contributed by atoms with Gasteiger partial charge in [-0.3, -0.25) is 9.59 Å². The zero-order valence-corrected chi connectivity index (χ0v) is 12.3. The highest BCUT2D eigenvalue weighted by molar-refractivity contribution is 5.83. The monoisotopic (exact) mass is 291 g/mol. The van der Waals surface area contributed by atoms with Crippen LogP contribution in [0.5, 0.6) is 0 Å². The summed E-state index contributed by atoms with van der Waals surface area (Å²) in [4.78, 5) is 24.5. The fourth-order valence-electron chi connectivity index (χ4n) is 2.49. The third-order valence-corrected chi connectivity index (χ3v) is 3.37. The Labute approximate surface area is 118 Å². The Hall–Kier alpha value is -1.20. The quantitative estimate of drug-likeness (QED) is 0.866. The smallest absolute Gasteiger partial charge is 0.323 e. The van der Waals surface area contributed by atoms with Crippen molar-refractivity contribution >= 4 is 11.9 Å². The number of rotatable bonds is 4. The molecule has 0 radical (unpaired) electrons. The summed E-state index contributed by atoms with van der Waals surface area (Å²) >= 11 is 0. The van der Waals surface area contributed by atoms with E-state index in [2.05, 4.69) is 0 Å². The molecule has 1 fully saturated rings. The van der Waals surface area contributed by atoms with Crippen molar-refractivity contribution in [2.45, 2.75) is 52.4 Å². The van der Waals surface area contributed by atoms with Crippen molar-refractivity contribution < 1.29 is 23.5 Å². The number of carboxylic acids is 1. The lowest BCUT2D eigenvalue weighted by molar-refractivity contribution is -0.149. The third kappa shape index (κ3) is 5.43. The summed E-state index contributed by atoms with van der Waals surface area (Å²) in [7, 11) is 0. The number of halogens is 2. The van der Waals surface area contributed by atoms with Crippen molar-refractivity contribution in [2.24, 2.45) is 11.3 Å². The van der Waals surface area contributed by atoms with E-state index in [0.29, 0.717) is 6.54 Å². The Morgan fingerprint density at radius 1 is 1.25 bits per heavy atom. The summed E-state index contributed by atoms with van der Waals surface area (Å²) in [5.74, 6) is -4.55. The van der Waals surface area contributed by atoms with E-state index < -0.39 is 17.8 Å². The van der Waals surface area contributed by atoms with Gasteiger partial charge >= 0.3 is 5.97 Å². The van der Waals surface area contributed by atoms with Crippen LogP contribution in [0.1, 0.15) is 46.5 Å². The maximum atomic E-state index is 13.1. The highest BCUT2D eigenvalue weighted by Gasteiger charge is 2.39. The first-order valence-corrected chi connectivity index (χ1v) is 6.89. The van der Waals surface area contributed by atoms with Gasteiger partial charge in [0.25, 0.3) is 0 Å². The maximum Gasteiger partial charge on any atom is 0.323 e. The molecule has 20 heavy (non-hydrogen) atoms. The van der Waals surface area contributed by atoms with Crippen molar-refractivity contribution in [1.82, 2.24) is 4.90 Å². The van der Waals surface area contributed by atoms with Gasteiger partial charge in [0.05, 0.1) is 0 Å². The number of carbonyl (C=O) groups excluding carboxylic acids is 1. The molecule has 0 aromatic rings. The average Bonchev–Trinajstić information content (AvgIpc) is 2.24. The van der Waals surface area contributed by atoms with E-state index >= 15 is 0 Å². The Morgan fingerprint density at radius 2 is 1.75 bits per heavy atom. The minimum Gasteiger partial charge on any atom is -0.480 e. The molecular formula is C14H23F2NO3. The van der Waals surface area contributed by atoms with E-state index in [1.165, 1.54) is 4.90 Å². The molecule has 0 bridgehead atoms. The molecule has 0 heterocycles. The molecule has 1 saturated carbocycles. The predicted octanol–water partition coefficient (Wildman–Crippen LogP) is 2.77. The van der Waals surface area contributed by atoms with E-state index in [1.54, 1.807) is 0 Å². The predicted molar refractivity (Wildman–Crippen MR) is 70.6 cm³/mol. The second kappa shape index (κ2) is 6.06. The van der Waals surface area contributed by atoms with Gasteiger partial charge in [-0.25, -0.2) is 8.78 Å². The minimum atomic E-state index is -2.68. The van der Waals surface area contributed by atoms with Crippen LogP contribution in [0.4, 0.5) is 8.78 Å². The highest BCUT2D eigenvalue weighted by Crippen LogP contribution is 2.37. The molecule has 0 aromatic carbocycles. The average molecular weight is 291 g/mol. The largest absolute Gasteiger partial charge is 0.480 e. The van der Waals surface area contributed by atoms with Crippen molar-refractivity contribution in [1.29, 1.82) is 0 Å². The molecule has 6 heteroatoms. The van der Waals surface area contributed by atoms with Gasteiger partial charge in [0, 0.05) is 25.3 Å². The lowest BCUT2D eigenvalue weighted by atomic mass is 9.85. The number of hydrogen-bond acceptors (Lipinski definition) is 2. The molecule has 1 amide bonds. The van der Waals surface area contributed by atoms with E-state index in [-0.39, 0.29) is 43.6 Å². The zero-order valence-electron chi connectivity index (χ0n) is 12.3. The van der Waals surface area contributed by atoms with Gasteiger partial charge in [-0.15, -0.1) is 0 Å². The SMILES string of the molecule is CC(C)(C)CN(CC(=O)O)C(=O)C1CCC(F)(F)CC1. The molecule has 1 aliphatic carbocycles. The van der Waals surface area contributed by atoms with Crippen molar-refractivity contribution in [2.75, 3.05) is 13.1 Å². The molecule has 1 aliphatic rings. The Kier molecular flexibility index (Phi) is 5.10. The molecule has 0 atom stereocenters. The fraction of sp³-hybridized carbons (Fsp3) is 0.857. The molecule has 0 aromatic heterocycles. The van der Waals surface area contributed by atoms with E-state index in [4.69, 9.17) is 5.11 Å². The van der Waals surface area contributed by atoms with Crippen LogP contribution in [-0.4, -0.2) is 40.9 Å². The first-order chi connectivity index (χ1) is 9.00. The van der Waals surface area contributed by atoms with Crippen LogP contribution in [0.3, 0.4) is 0 Å². The van der Waals surface area contributed by atoms with Crippen LogP contribution in [-0.2, 0) is 9.59 Å². The molecule has 4 nitrogen and oxygen atoms in total. The van der Waals surface area contributed by atoms with Gasteiger partial charge in [-0.1, -0.05) is 20.8 Å². The van der Waals surface area contributed by atoms with E-state index in [1.807, 2.05) is 20.8 Å². The number of alkyl halides is 2. The molecule has 0 unspecified atom stereocenters. The summed E-state index contributed by atoms with van der Waals surface area (Å²) < 4.78 is 26.2. The second-order valence-electron chi connectivity index (χ2n) is 6.78. The van der Waals surface area contributed by atoms with Gasteiger partial charge in [0.15, 0.2) is 0 Å². The van der Waals surface area contributed by atoms with Gasteiger partial charge in [-0.2, -0.15) is 0 Å². The van der Waals surface area contributed by atoms with Crippen molar-refractivity contribution in [3.8, 4) is 0 Å². The van der Waals surface area contributed by atoms with Gasteiger partial charge in [-0.05, 0) is 18.3 Å². The van der Waals surface area contributed by atoms with Crippen molar-refractivity contribution in [3.05, 3.63) is 0 Å². The van der Waals surface area contributed by atoms with Crippen LogP contribution in [0.15, 0.2) is 0 Å². The number of carbonyl (C=O) groups is 2. The number of amides is 1. The second-order valence-corrected chi connectivity index (χ2v) is 6.78. The highest BCUT2D eigenvalue weighted by atomic mass is 19.3.